The van der Waals surface area contributed by atoms with Crippen LogP contribution in [0.15, 0.2) is 23.1 Å². The SMILES string of the molecule is CCCCCCN(CCCCCC)c1ncc(/C=C2\N=C(C)N(C)C2=O)cn1. The molecule has 2 heterocycles. The fraction of sp³-hybridized carbons (Fsp3) is 0.636. The van der Waals surface area contributed by atoms with Gasteiger partial charge in [-0.3, -0.25) is 9.69 Å². The zero-order valence-corrected chi connectivity index (χ0v) is 17.9. The van der Waals surface area contributed by atoms with Crippen LogP contribution in [0.2, 0.25) is 0 Å². The minimum Gasteiger partial charge on any atom is -0.341 e. The molecule has 1 amide bonds. The summed E-state index contributed by atoms with van der Waals surface area (Å²) in [5.41, 5.74) is 1.24. The minimum atomic E-state index is -0.0879. The lowest BCUT2D eigenvalue weighted by atomic mass is 10.2. The summed E-state index contributed by atoms with van der Waals surface area (Å²) in [7, 11) is 1.73. The maximum absolute atomic E-state index is 12.1. The first-order valence-corrected chi connectivity index (χ1v) is 10.7. The number of likely N-dealkylation sites (N-methyl/N-ethyl adjacent to an activating group) is 1. The Hall–Kier alpha value is -2.24. The Kier molecular flexibility index (Phi) is 9.11. The number of anilines is 1. The Morgan fingerprint density at radius 1 is 0.964 bits per heavy atom. The van der Waals surface area contributed by atoms with Gasteiger partial charge in [0.2, 0.25) is 5.95 Å². The van der Waals surface area contributed by atoms with Crippen LogP contribution in [0.4, 0.5) is 5.95 Å². The molecule has 1 aromatic rings. The number of rotatable bonds is 12. The zero-order chi connectivity index (χ0) is 20.4. The van der Waals surface area contributed by atoms with Crippen LogP contribution >= 0.6 is 0 Å². The van der Waals surface area contributed by atoms with Gasteiger partial charge in [-0.05, 0) is 25.8 Å². The fourth-order valence-electron chi connectivity index (χ4n) is 3.21. The molecule has 0 fully saturated rings. The standard InChI is InChI=1S/C22H35N5O/c1-5-7-9-11-13-27(14-12-10-8-6-2)22-23-16-19(17-24-22)15-20-21(28)26(4)18(3)25-20/h15-17H,5-14H2,1-4H3/b20-15-. The molecule has 0 radical (unpaired) electrons. The molecule has 0 bridgehead atoms. The summed E-state index contributed by atoms with van der Waals surface area (Å²) in [5, 5.41) is 0. The molecule has 0 unspecified atom stereocenters. The third kappa shape index (κ3) is 6.43. The van der Waals surface area contributed by atoms with Gasteiger partial charge in [-0.1, -0.05) is 52.4 Å². The van der Waals surface area contributed by atoms with Gasteiger partial charge >= 0.3 is 0 Å². The van der Waals surface area contributed by atoms with Crippen molar-refractivity contribution in [1.29, 1.82) is 0 Å². The van der Waals surface area contributed by atoms with E-state index < -0.39 is 0 Å². The Bertz CT molecular complexity index is 669. The molecule has 1 aromatic heterocycles. The maximum atomic E-state index is 12.1. The van der Waals surface area contributed by atoms with Crippen molar-refractivity contribution in [1.82, 2.24) is 14.9 Å². The van der Waals surface area contributed by atoms with E-state index in [1.807, 2.05) is 6.92 Å². The predicted octanol–water partition coefficient (Wildman–Crippen LogP) is 4.67. The second-order valence-electron chi connectivity index (χ2n) is 7.48. The van der Waals surface area contributed by atoms with Crippen LogP contribution in [-0.2, 0) is 4.79 Å². The lowest BCUT2D eigenvalue weighted by molar-refractivity contribution is -0.121. The molecule has 0 saturated carbocycles. The zero-order valence-electron chi connectivity index (χ0n) is 17.9. The quantitative estimate of drug-likeness (QED) is 0.387. The van der Waals surface area contributed by atoms with Gasteiger partial charge in [0.25, 0.3) is 5.91 Å². The fourth-order valence-corrected chi connectivity index (χ4v) is 3.21. The van der Waals surface area contributed by atoms with Gasteiger partial charge in [0.15, 0.2) is 0 Å². The number of nitrogens with zero attached hydrogens (tertiary/aromatic N) is 5. The van der Waals surface area contributed by atoms with Gasteiger partial charge in [0.1, 0.15) is 11.5 Å². The van der Waals surface area contributed by atoms with Gasteiger partial charge in [0, 0.05) is 38.1 Å². The van der Waals surface area contributed by atoms with Crippen LogP contribution in [0.3, 0.4) is 0 Å². The van der Waals surface area contributed by atoms with Gasteiger partial charge in [0.05, 0.1) is 0 Å². The summed E-state index contributed by atoms with van der Waals surface area (Å²) in [5.74, 6) is 1.40. The second-order valence-corrected chi connectivity index (χ2v) is 7.48. The molecule has 6 nitrogen and oxygen atoms in total. The van der Waals surface area contributed by atoms with E-state index in [0.717, 1.165) is 24.6 Å². The van der Waals surface area contributed by atoms with Gasteiger partial charge in [-0.15, -0.1) is 0 Å². The Morgan fingerprint density at radius 2 is 1.54 bits per heavy atom. The number of amidine groups is 1. The predicted molar refractivity (Wildman–Crippen MR) is 116 cm³/mol. The number of amides is 1. The number of unbranched alkanes of at least 4 members (excludes halogenated alkanes) is 6. The van der Waals surface area contributed by atoms with Crippen LogP contribution in [0.5, 0.6) is 0 Å². The smallest absolute Gasteiger partial charge is 0.277 e. The summed E-state index contributed by atoms with van der Waals surface area (Å²) in [6, 6.07) is 0. The molecule has 1 aliphatic heterocycles. The summed E-state index contributed by atoms with van der Waals surface area (Å²) in [6.45, 7) is 8.29. The van der Waals surface area contributed by atoms with Crippen molar-refractivity contribution in [2.24, 2.45) is 4.99 Å². The molecular weight excluding hydrogens is 350 g/mol. The van der Waals surface area contributed by atoms with E-state index in [1.165, 1.54) is 51.4 Å². The molecule has 154 valence electrons. The van der Waals surface area contributed by atoms with Crippen molar-refractivity contribution >= 4 is 23.8 Å². The first kappa shape index (κ1) is 22.1. The lowest BCUT2D eigenvalue weighted by Crippen LogP contribution is -2.27. The van der Waals surface area contributed by atoms with Crippen LogP contribution in [0.25, 0.3) is 6.08 Å². The topological polar surface area (TPSA) is 61.7 Å². The highest BCUT2D eigenvalue weighted by Crippen LogP contribution is 2.17. The largest absolute Gasteiger partial charge is 0.341 e. The van der Waals surface area contributed by atoms with E-state index >= 15 is 0 Å². The maximum Gasteiger partial charge on any atom is 0.277 e. The lowest BCUT2D eigenvalue weighted by Gasteiger charge is -2.22. The molecule has 28 heavy (non-hydrogen) atoms. The Morgan fingerprint density at radius 3 is 2.00 bits per heavy atom. The molecule has 2 rings (SSSR count). The average molecular weight is 386 g/mol. The number of carbonyl (C=O) groups is 1. The van der Waals surface area contributed by atoms with Crippen molar-refractivity contribution in [3.05, 3.63) is 23.7 Å². The van der Waals surface area contributed by atoms with E-state index in [-0.39, 0.29) is 5.91 Å². The molecule has 0 spiro atoms. The van der Waals surface area contributed by atoms with Crippen LogP contribution in [0.1, 0.15) is 77.7 Å². The summed E-state index contributed by atoms with van der Waals surface area (Å²) in [6.07, 6.45) is 15.2. The van der Waals surface area contributed by atoms with Gasteiger partial charge < -0.3 is 4.90 Å². The molecule has 1 aliphatic rings. The molecular formula is C22H35N5O. The average Bonchev–Trinajstić information content (AvgIpc) is 2.94. The number of aromatic nitrogens is 2. The highest BCUT2D eigenvalue weighted by Gasteiger charge is 2.23. The molecule has 0 aliphatic carbocycles. The van der Waals surface area contributed by atoms with E-state index in [2.05, 4.69) is 33.7 Å². The Labute approximate surface area is 169 Å². The molecule has 0 aromatic carbocycles. The highest BCUT2D eigenvalue weighted by molar-refractivity contribution is 6.13. The third-order valence-electron chi connectivity index (χ3n) is 5.10. The molecule has 0 atom stereocenters. The summed E-state index contributed by atoms with van der Waals surface area (Å²) >= 11 is 0. The van der Waals surface area contributed by atoms with Crippen LogP contribution in [0, 0.1) is 0 Å². The molecule has 6 heteroatoms. The number of hydrogen-bond donors (Lipinski definition) is 0. The van der Waals surface area contributed by atoms with Crippen molar-refractivity contribution < 1.29 is 4.79 Å². The van der Waals surface area contributed by atoms with Crippen LogP contribution < -0.4 is 4.90 Å². The number of hydrogen-bond acceptors (Lipinski definition) is 5. The van der Waals surface area contributed by atoms with E-state index in [0.29, 0.717) is 11.5 Å². The van der Waals surface area contributed by atoms with Gasteiger partial charge in [-0.25, -0.2) is 15.0 Å². The second kappa shape index (κ2) is 11.6. The van der Waals surface area contributed by atoms with Crippen molar-refractivity contribution in [2.45, 2.75) is 72.1 Å². The van der Waals surface area contributed by atoms with E-state index in [9.17, 15) is 4.79 Å². The molecule has 0 N–H and O–H groups in total. The van der Waals surface area contributed by atoms with Crippen LogP contribution in [-0.4, -0.2) is 46.7 Å². The minimum absolute atomic E-state index is 0.0879. The first-order chi connectivity index (χ1) is 13.6. The third-order valence-corrected chi connectivity index (χ3v) is 5.10. The van der Waals surface area contributed by atoms with E-state index in [4.69, 9.17) is 0 Å². The highest BCUT2D eigenvalue weighted by atomic mass is 16.2. The van der Waals surface area contributed by atoms with E-state index in [1.54, 1.807) is 30.4 Å². The summed E-state index contributed by atoms with van der Waals surface area (Å²) in [4.78, 5) is 29.5. The van der Waals surface area contributed by atoms with Crippen molar-refractivity contribution in [3.63, 3.8) is 0 Å². The summed E-state index contributed by atoms with van der Waals surface area (Å²) < 4.78 is 0. The van der Waals surface area contributed by atoms with Crippen molar-refractivity contribution in [3.8, 4) is 0 Å². The normalized spacial score (nSPS) is 15.4. The van der Waals surface area contributed by atoms with Crippen molar-refractivity contribution in [2.75, 3.05) is 25.0 Å². The van der Waals surface area contributed by atoms with Gasteiger partial charge in [-0.2, -0.15) is 0 Å². The Balaban J connectivity index is 2.03. The number of aliphatic imine (C=N–C) groups is 1. The molecule has 0 saturated heterocycles. The number of carbonyl (C=O) groups excluding carboxylic acids is 1. The first-order valence-electron chi connectivity index (χ1n) is 10.7. The monoisotopic (exact) mass is 385 g/mol.